The molecule has 2 saturated heterocycles. The highest BCUT2D eigenvalue weighted by molar-refractivity contribution is 6.05. The molecule has 9 heteroatoms. The Hall–Kier alpha value is -2.81. The topological polar surface area (TPSA) is 113 Å². The Morgan fingerprint density at radius 3 is 2.55 bits per heavy atom. The Morgan fingerprint density at radius 1 is 1.17 bits per heavy atom. The van der Waals surface area contributed by atoms with Gasteiger partial charge in [0.2, 0.25) is 17.7 Å². The third-order valence-electron chi connectivity index (χ3n) is 6.07. The Morgan fingerprint density at radius 2 is 1.90 bits per heavy atom. The van der Waals surface area contributed by atoms with Crippen molar-refractivity contribution in [3.8, 4) is 0 Å². The minimum Gasteiger partial charge on any atom is -0.369 e. The van der Waals surface area contributed by atoms with Crippen molar-refractivity contribution in [1.82, 2.24) is 15.1 Å². The maximum Gasteiger partial charge on any atom is 0.255 e. The first-order valence-corrected chi connectivity index (χ1v) is 9.81. The van der Waals surface area contributed by atoms with E-state index in [0.29, 0.717) is 43.6 Å². The van der Waals surface area contributed by atoms with Gasteiger partial charge in [-0.05, 0) is 50.0 Å². The van der Waals surface area contributed by atoms with Crippen molar-refractivity contribution in [2.24, 2.45) is 11.7 Å². The van der Waals surface area contributed by atoms with Gasteiger partial charge >= 0.3 is 0 Å². The predicted octanol–water partition coefficient (Wildman–Crippen LogP) is 0.284. The van der Waals surface area contributed by atoms with Crippen molar-refractivity contribution < 1.29 is 23.6 Å². The molecule has 3 aliphatic heterocycles. The number of fused-ring (bicyclic) bond motifs is 1. The molecule has 1 unspecified atom stereocenters. The lowest BCUT2D eigenvalue weighted by molar-refractivity contribution is -0.137. The molecule has 1 atom stereocenters. The number of rotatable bonds is 4. The number of halogens is 1. The van der Waals surface area contributed by atoms with Gasteiger partial charge in [-0.25, -0.2) is 4.39 Å². The predicted molar refractivity (Wildman–Crippen MR) is 99.6 cm³/mol. The number of nitrogens with one attached hydrogen (secondary N) is 1. The largest absolute Gasteiger partial charge is 0.369 e. The van der Waals surface area contributed by atoms with Crippen LogP contribution in [0.25, 0.3) is 0 Å². The van der Waals surface area contributed by atoms with Crippen LogP contribution in [0.2, 0.25) is 0 Å². The summed E-state index contributed by atoms with van der Waals surface area (Å²) in [7, 11) is 0. The van der Waals surface area contributed by atoms with Gasteiger partial charge in [0.1, 0.15) is 11.9 Å². The molecule has 2 fully saturated rings. The molecular formula is C20H23FN4O4. The van der Waals surface area contributed by atoms with E-state index in [1.807, 2.05) is 0 Å². The van der Waals surface area contributed by atoms with E-state index < -0.39 is 17.8 Å². The molecule has 0 bridgehead atoms. The van der Waals surface area contributed by atoms with Crippen LogP contribution in [0.4, 0.5) is 4.39 Å². The summed E-state index contributed by atoms with van der Waals surface area (Å²) in [6.07, 6.45) is 1.76. The van der Waals surface area contributed by atoms with Crippen LogP contribution in [-0.2, 0) is 27.5 Å². The van der Waals surface area contributed by atoms with Crippen molar-refractivity contribution in [3.05, 3.63) is 34.6 Å². The van der Waals surface area contributed by atoms with E-state index in [1.165, 1.54) is 11.0 Å². The normalized spacial score (nSPS) is 23.3. The van der Waals surface area contributed by atoms with E-state index >= 15 is 0 Å². The molecule has 0 radical (unpaired) electrons. The molecule has 3 aliphatic rings. The Bertz CT molecular complexity index is 895. The molecule has 8 nitrogen and oxygen atoms in total. The van der Waals surface area contributed by atoms with Crippen LogP contribution >= 0.6 is 0 Å². The molecule has 4 amide bonds. The number of carbonyl (C=O) groups excluding carboxylic acids is 4. The molecule has 0 aromatic heterocycles. The molecule has 3 N–H and O–H groups in total. The maximum atomic E-state index is 14.7. The number of benzene rings is 1. The van der Waals surface area contributed by atoms with Gasteiger partial charge in [0, 0.05) is 36.6 Å². The SMILES string of the molecule is NC(=O)C1CCN(Cc2cc3c(cc2F)C(=O)N(C2CCC(=O)NC2=O)C3)CC1. The lowest BCUT2D eigenvalue weighted by atomic mass is 9.95. The van der Waals surface area contributed by atoms with Crippen molar-refractivity contribution in [2.75, 3.05) is 13.1 Å². The van der Waals surface area contributed by atoms with E-state index in [1.54, 1.807) is 6.07 Å². The first kappa shape index (κ1) is 19.5. The van der Waals surface area contributed by atoms with Crippen LogP contribution in [-0.4, -0.2) is 52.6 Å². The maximum absolute atomic E-state index is 14.7. The summed E-state index contributed by atoms with van der Waals surface area (Å²) >= 11 is 0. The van der Waals surface area contributed by atoms with Crippen molar-refractivity contribution in [2.45, 2.75) is 44.8 Å². The Balaban J connectivity index is 1.47. The minimum atomic E-state index is -0.716. The van der Waals surface area contributed by atoms with E-state index in [2.05, 4.69) is 10.2 Å². The first-order chi connectivity index (χ1) is 13.8. The molecule has 0 spiro atoms. The van der Waals surface area contributed by atoms with Gasteiger partial charge in [-0.15, -0.1) is 0 Å². The fourth-order valence-corrected chi connectivity index (χ4v) is 4.38. The fraction of sp³-hybridized carbons (Fsp3) is 0.500. The molecule has 3 heterocycles. The number of carbonyl (C=O) groups is 4. The van der Waals surface area contributed by atoms with Crippen LogP contribution < -0.4 is 11.1 Å². The van der Waals surface area contributed by atoms with Crippen LogP contribution in [0.5, 0.6) is 0 Å². The molecule has 4 rings (SSSR count). The number of likely N-dealkylation sites (tertiary alicyclic amines) is 1. The fourth-order valence-electron chi connectivity index (χ4n) is 4.38. The summed E-state index contributed by atoms with van der Waals surface area (Å²) in [6.45, 7) is 1.92. The molecule has 29 heavy (non-hydrogen) atoms. The first-order valence-electron chi connectivity index (χ1n) is 9.81. The standard InChI is InChI=1S/C20H23FN4O4/c21-15-8-14-12(7-13(15)9-24-5-3-11(4-6-24)18(22)27)10-25(20(14)29)16-1-2-17(26)23-19(16)28/h7-8,11,16H,1-6,9-10H2,(H2,22,27)(H,23,26,28). The van der Waals surface area contributed by atoms with E-state index in [-0.39, 0.29) is 48.6 Å². The molecule has 154 valence electrons. The van der Waals surface area contributed by atoms with E-state index in [9.17, 15) is 23.6 Å². The average Bonchev–Trinajstić information content (AvgIpc) is 2.98. The Labute approximate surface area is 167 Å². The quantitative estimate of drug-likeness (QED) is 0.703. The van der Waals surface area contributed by atoms with Gasteiger partial charge in [-0.1, -0.05) is 0 Å². The summed E-state index contributed by atoms with van der Waals surface area (Å²) < 4.78 is 14.7. The second kappa shape index (κ2) is 7.55. The van der Waals surface area contributed by atoms with Gasteiger partial charge in [0.15, 0.2) is 0 Å². The van der Waals surface area contributed by atoms with Crippen LogP contribution in [0.3, 0.4) is 0 Å². The van der Waals surface area contributed by atoms with E-state index in [0.717, 1.165) is 0 Å². The number of nitrogens with two attached hydrogens (primary N) is 1. The minimum absolute atomic E-state index is 0.129. The zero-order valence-electron chi connectivity index (χ0n) is 15.9. The summed E-state index contributed by atoms with van der Waals surface area (Å²) in [4.78, 5) is 51.0. The smallest absolute Gasteiger partial charge is 0.255 e. The number of amides is 4. The third-order valence-corrected chi connectivity index (χ3v) is 6.07. The van der Waals surface area contributed by atoms with E-state index in [4.69, 9.17) is 5.73 Å². The summed E-state index contributed by atoms with van der Waals surface area (Å²) in [6, 6.07) is 2.22. The average molecular weight is 402 g/mol. The van der Waals surface area contributed by atoms with Crippen LogP contribution in [0, 0.1) is 11.7 Å². The molecule has 1 aromatic rings. The summed E-state index contributed by atoms with van der Waals surface area (Å²) in [5.74, 6) is -2.10. The number of hydrogen-bond donors (Lipinski definition) is 2. The second-order valence-corrected chi connectivity index (χ2v) is 7.95. The van der Waals surface area contributed by atoms with Gasteiger partial charge < -0.3 is 10.6 Å². The van der Waals surface area contributed by atoms with Crippen molar-refractivity contribution >= 4 is 23.6 Å². The number of imide groups is 1. The van der Waals surface area contributed by atoms with Gasteiger partial charge in [0.25, 0.3) is 5.91 Å². The van der Waals surface area contributed by atoms with Gasteiger partial charge in [0.05, 0.1) is 0 Å². The van der Waals surface area contributed by atoms with Crippen molar-refractivity contribution in [1.29, 1.82) is 0 Å². The van der Waals surface area contributed by atoms with Crippen LogP contribution in [0.15, 0.2) is 12.1 Å². The Kier molecular flexibility index (Phi) is 5.08. The number of primary amides is 1. The zero-order valence-corrected chi connectivity index (χ0v) is 15.9. The third kappa shape index (κ3) is 3.74. The molecule has 0 aliphatic carbocycles. The highest BCUT2D eigenvalue weighted by atomic mass is 19.1. The highest BCUT2D eigenvalue weighted by Crippen LogP contribution is 2.30. The molecule has 0 saturated carbocycles. The lowest BCUT2D eigenvalue weighted by Crippen LogP contribution is -2.52. The number of piperidine rings is 2. The van der Waals surface area contributed by atoms with Crippen molar-refractivity contribution in [3.63, 3.8) is 0 Å². The number of nitrogens with zero attached hydrogens (tertiary/aromatic N) is 2. The van der Waals surface area contributed by atoms with Crippen LogP contribution in [0.1, 0.15) is 47.2 Å². The second-order valence-electron chi connectivity index (χ2n) is 7.95. The van der Waals surface area contributed by atoms with Gasteiger partial charge in [-0.3, -0.25) is 29.4 Å². The molecular weight excluding hydrogens is 379 g/mol. The summed E-state index contributed by atoms with van der Waals surface area (Å²) in [5, 5.41) is 2.26. The monoisotopic (exact) mass is 402 g/mol. The summed E-state index contributed by atoms with van der Waals surface area (Å²) in [5.41, 5.74) is 6.79. The lowest BCUT2D eigenvalue weighted by Gasteiger charge is -2.30. The number of hydrogen-bond acceptors (Lipinski definition) is 5. The molecule has 1 aromatic carbocycles. The van der Waals surface area contributed by atoms with Gasteiger partial charge in [-0.2, -0.15) is 0 Å². The highest BCUT2D eigenvalue weighted by Gasteiger charge is 2.39. The zero-order chi connectivity index (χ0) is 20.7.